The van der Waals surface area contributed by atoms with Gasteiger partial charge in [0.05, 0.1) is 17.0 Å². The average Bonchev–Trinajstić information content (AvgIpc) is 2.92. The Bertz CT molecular complexity index is 1300. The zero-order chi connectivity index (χ0) is 25.2. The van der Waals surface area contributed by atoms with Crippen LogP contribution in [-0.2, 0) is 19.4 Å². The molecule has 0 unspecified atom stereocenters. The van der Waals surface area contributed by atoms with Crippen molar-refractivity contribution in [3.63, 3.8) is 0 Å². The third kappa shape index (κ3) is 7.06. The van der Waals surface area contributed by atoms with E-state index in [0.29, 0.717) is 12.2 Å². The molecule has 182 valence electrons. The Balaban J connectivity index is 1.48. The first kappa shape index (κ1) is 24.7. The van der Waals surface area contributed by atoms with Gasteiger partial charge in [0.2, 0.25) is 0 Å². The largest absolute Gasteiger partial charge is 0.489 e. The molecule has 5 nitrogen and oxygen atoms in total. The predicted molar refractivity (Wildman–Crippen MR) is 145 cm³/mol. The number of ether oxygens (including phenoxy) is 1. The summed E-state index contributed by atoms with van der Waals surface area (Å²) in [5.41, 5.74) is 9.65. The van der Waals surface area contributed by atoms with Crippen LogP contribution in [0, 0.1) is 0 Å². The van der Waals surface area contributed by atoms with E-state index in [4.69, 9.17) is 9.84 Å². The molecule has 0 aliphatic carbocycles. The topological polar surface area (TPSA) is 70.9 Å². The van der Waals surface area contributed by atoms with Crippen LogP contribution in [0.15, 0.2) is 108 Å². The highest BCUT2D eigenvalue weighted by Gasteiger charge is 2.09. The molecule has 4 aromatic carbocycles. The first-order chi connectivity index (χ1) is 17.6. The maximum absolute atomic E-state index is 11.1. The van der Waals surface area contributed by atoms with Crippen molar-refractivity contribution in [2.24, 2.45) is 5.10 Å². The van der Waals surface area contributed by atoms with Crippen LogP contribution in [-0.4, -0.2) is 16.8 Å². The Hall–Kier alpha value is -4.38. The smallest absolute Gasteiger partial charge is 0.335 e. The quantitative estimate of drug-likeness (QED) is 0.180. The summed E-state index contributed by atoms with van der Waals surface area (Å²) in [6.45, 7) is 2.50. The molecule has 0 radical (unpaired) electrons. The maximum atomic E-state index is 11.1. The van der Waals surface area contributed by atoms with Crippen LogP contribution in [0.1, 0.15) is 46.0 Å². The second kappa shape index (κ2) is 12.4. The Kier molecular flexibility index (Phi) is 8.49. The fourth-order valence-corrected chi connectivity index (χ4v) is 3.90. The van der Waals surface area contributed by atoms with Gasteiger partial charge in [-0.1, -0.05) is 60.7 Å². The highest BCUT2D eigenvalue weighted by atomic mass is 16.5. The second-order valence-corrected chi connectivity index (χ2v) is 8.63. The average molecular weight is 479 g/mol. The molecule has 0 amide bonds. The minimum absolute atomic E-state index is 0.307. The van der Waals surface area contributed by atoms with Crippen molar-refractivity contribution >= 4 is 17.4 Å². The molecule has 0 atom stereocenters. The van der Waals surface area contributed by atoms with Crippen molar-refractivity contribution in [3.05, 3.63) is 131 Å². The van der Waals surface area contributed by atoms with Crippen LogP contribution in [0.5, 0.6) is 5.75 Å². The monoisotopic (exact) mass is 478 g/mol. The number of nitrogens with zero attached hydrogens (tertiary/aromatic N) is 1. The number of carboxylic acid groups (broad SMARTS) is 1. The van der Waals surface area contributed by atoms with Crippen LogP contribution in [0.3, 0.4) is 0 Å². The minimum atomic E-state index is -0.905. The highest BCUT2D eigenvalue weighted by Crippen LogP contribution is 2.24. The lowest BCUT2D eigenvalue weighted by atomic mass is 9.99. The van der Waals surface area contributed by atoms with Crippen LogP contribution in [0.2, 0.25) is 0 Å². The van der Waals surface area contributed by atoms with Gasteiger partial charge < -0.3 is 9.84 Å². The summed E-state index contributed by atoms with van der Waals surface area (Å²) in [7, 11) is 0. The maximum Gasteiger partial charge on any atom is 0.335 e. The van der Waals surface area contributed by atoms with Crippen LogP contribution in [0.4, 0.5) is 5.69 Å². The van der Waals surface area contributed by atoms with Gasteiger partial charge in [-0.2, -0.15) is 5.10 Å². The first-order valence-electron chi connectivity index (χ1n) is 12.1. The van der Waals surface area contributed by atoms with Gasteiger partial charge >= 0.3 is 5.97 Å². The molecule has 4 rings (SSSR count). The van der Waals surface area contributed by atoms with E-state index in [1.54, 1.807) is 12.1 Å². The Morgan fingerprint density at radius 1 is 0.806 bits per heavy atom. The Morgan fingerprint density at radius 3 is 2.17 bits per heavy atom. The molecular weight excluding hydrogens is 448 g/mol. The van der Waals surface area contributed by atoms with Gasteiger partial charge in [0.1, 0.15) is 12.4 Å². The lowest BCUT2D eigenvalue weighted by molar-refractivity contribution is 0.0697. The summed E-state index contributed by atoms with van der Waals surface area (Å²) in [4.78, 5) is 11.1. The molecule has 4 aromatic rings. The molecular formula is C31H30N2O3. The molecule has 0 bridgehead atoms. The summed E-state index contributed by atoms with van der Waals surface area (Å²) in [6, 6.07) is 33.3. The summed E-state index contributed by atoms with van der Waals surface area (Å²) in [5.74, 6) is -0.0370. The number of carbonyl (C=O) groups is 1. The number of hydrogen-bond acceptors (Lipinski definition) is 4. The first-order valence-corrected chi connectivity index (χ1v) is 12.1. The third-order valence-electron chi connectivity index (χ3n) is 5.95. The molecule has 0 aromatic heterocycles. The zero-order valence-electron chi connectivity index (χ0n) is 20.4. The number of aryl methyl sites for hydroxylation is 2. The molecule has 0 fully saturated rings. The molecule has 5 heteroatoms. The summed E-state index contributed by atoms with van der Waals surface area (Å²) < 4.78 is 6.21. The standard InChI is InChI=1S/C31H30N2O3/c1-23(32-33-29-13-6-3-7-14-29)27-19-20-30(36-22-25-9-4-2-5-10-25)28(21-27)12-8-11-24-15-17-26(18-16-24)31(34)35/h2-7,9-10,13-21,33H,8,11-12,22H2,1H3,(H,34,35). The molecule has 2 N–H and O–H groups in total. The molecule has 36 heavy (non-hydrogen) atoms. The predicted octanol–water partition coefficient (Wildman–Crippen LogP) is 6.98. The number of para-hydroxylation sites is 1. The number of benzene rings is 4. The molecule has 0 spiro atoms. The van der Waals surface area contributed by atoms with E-state index in [-0.39, 0.29) is 0 Å². The van der Waals surface area contributed by atoms with Crippen molar-refractivity contribution in [2.75, 3.05) is 5.43 Å². The molecule has 0 saturated carbocycles. The Labute approximate surface area is 212 Å². The highest BCUT2D eigenvalue weighted by molar-refractivity contribution is 5.99. The van der Waals surface area contributed by atoms with Crippen molar-refractivity contribution in [2.45, 2.75) is 32.8 Å². The van der Waals surface area contributed by atoms with Gasteiger partial charge in [-0.3, -0.25) is 5.43 Å². The van der Waals surface area contributed by atoms with Gasteiger partial charge in [-0.25, -0.2) is 4.79 Å². The fourth-order valence-electron chi connectivity index (χ4n) is 3.90. The number of hydrogen-bond donors (Lipinski definition) is 2. The lowest BCUT2D eigenvalue weighted by Crippen LogP contribution is -2.04. The molecule has 0 saturated heterocycles. The van der Waals surface area contributed by atoms with Gasteiger partial charge in [0.25, 0.3) is 0 Å². The third-order valence-corrected chi connectivity index (χ3v) is 5.95. The van der Waals surface area contributed by atoms with E-state index in [0.717, 1.165) is 58.7 Å². The van der Waals surface area contributed by atoms with E-state index in [9.17, 15) is 4.79 Å². The zero-order valence-corrected chi connectivity index (χ0v) is 20.4. The number of anilines is 1. The van der Waals surface area contributed by atoms with Crippen molar-refractivity contribution in [1.29, 1.82) is 0 Å². The molecule has 0 aliphatic rings. The normalized spacial score (nSPS) is 11.2. The lowest BCUT2D eigenvalue weighted by Gasteiger charge is -2.14. The fraction of sp³-hybridized carbons (Fsp3) is 0.161. The minimum Gasteiger partial charge on any atom is -0.489 e. The van der Waals surface area contributed by atoms with Crippen LogP contribution < -0.4 is 10.2 Å². The van der Waals surface area contributed by atoms with E-state index in [1.165, 1.54) is 0 Å². The van der Waals surface area contributed by atoms with Crippen molar-refractivity contribution in [1.82, 2.24) is 0 Å². The number of rotatable bonds is 11. The number of hydrazone groups is 1. The van der Waals surface area contributed by atoms with E-state index in [1.807, 2.05) is 79.7 Å². The van der Waals surface area contributed by atoms with E-state index >= 15 is 0 Å². The number of nitrogens with one attached hydrogen (secondary N) is 1. The SMILES string of the molecule is CC(=NNc1ccccc1)c1ccc(OCc2ccccc2)c(CCCc2ccc(C(=O)O)cc2)c1. The number of aromatic carboxylic acids is 1. The van der Waals surface area contributed by atoms with Crippen molar-refractivity contribution in [3.8, 4) is 5.75 Å². The van der Waals surface area contributed by atoms with Crippen LogP contribution in [0.25, 0.3) is 0 Å². The van der Waals surface area contributed by atoms with Gasteiger partial charge in [0.15, 0.2) is 0 Å². The summed E-state index contributed by atoms with van der Waals surface area (Å²) >= 11 is 0. The number of carboxylic acids is 1. The Morgan fingerprint density at radius 2 is 1.47 bits per heavy atom. The molecule has 0 heterocycles. The van der Waals surface area contributed by atoms with E-state index in [2.05, 4.69) is 28.7 Å². The van der Waals surface area contributed by atoms with Gasteiger partial charge in [0, 0.05) is 0 Å². The van der Waals surface area contributed by atoms with E-state index < -0.39 is 5.97 Å². The molecule has 0 aliphatic heterocycles. The van der Waals surface area contributed by atoms with Crippen LogP contribution >= 0.6 is 0 Å². The second-order valence-electron chi connectivity index (χ2n) is 8.63. The summed E-state index contributed by atoms with van der Waals surface area (Å²) in [6.07, 6.45) is 2.60. The summed E-state index contributed by atoms with van der Waals surface area (Å²) in [5, 5.41) is 13.7. The van der Waals surface area contributed by atoms with Gasteiger partial charge in [-0.05, 0) is 90.9 Å². The van der Waals surface area contributed by atoms with Crippen molar-refractivity contribution < 1.29 is 14.6 Å². The van der Waals surface area contributed by atoms with Gasteiger partial charge in [-0.15, -0.1) is 0 Å².